The van der Waals surface area contributed by atoms with Crippen LogP contribution >= 0.6 is 0 Å². The van der Waals surface area contributed by atoms with E-state index in [0.717, 1.165) is 17.0 Å². The molecule has 28 heavy (non-hydrogen) atoms. The number of hydrogen-bond acceptors (Lipinski definition) is 0. The highest BCUT2D eigenvalue weighted by Crippen LogP contribution is 2.38. The van der Waals surface area contributed by atoms with Crippen LogP contribution in [0.3, 0.4) is 0 Å². The Bertz CT molecular complexity index is 679. The fourth-order valence-corrected chi connectivity index (χ4v) is 4.59. The number of hydrogen-bond donors (Lipinski definition) is 0. The fraction of sp³-hybridized carbons (Fsp3) is 0.538. The number of alkyl halides is 2. The summed E-state index contributed by atoms with van der Waals surface area (Å²) in [6.07, 6.45) is 11.3. The summed E-state index contributed by atoms with van der Waals surface area (Å²) in [6.45, 7) is 2.27. The monoisotopic (exact) mass is 384 g/mol. The molecule has 0 N–H and O–H groups in total. The van der Waals surface area contributed by atoms with Crippen molar-refractivity contribution in [2.45, 2.75) is 83.5 Å². The third-order valence-electron chi connectivity index (χ3n) is 6.44. The van der Waals surface area contributed by atoms with Crippen LogP contribution in [0, 0.1) is 5.92 Å². The lowest BCUT2D eigenvalue weighted by Gasteiger charge is -2.29. The maximum atomic E-state index is 12.7. The summed E-state index contributed by atoms with van der Waals surface area (Å²) in [5.41, 5.74) is 3.63. The maximum Gasteiger partial charge on any atom is 0.263 e. The quantitative estimate of drug-likeness (QED) is 0.378. The molecular formula is C26H34F2. The minimum Gasteiger partial charge on any atom is -0.205 e. The first-order valence-corrected chi connectivity index (χ1v) is 11.2. The minimum absolute atomic E-state index is 0.0856. The Morgan fingerprint density at radius 1 is 0.750 bits per heavy atom. The van der Waals surface area contributed by atoms with Crippen molar-refractivity contribution < 1.29 is 8.78 Å². The van der Waals surface area contributed by atoms with E-state index in [1.165, 1.54) is 81.9 Å². The lowest BCUT2D eigenvalue weighted by atomic mass is 9.77. The molecule has 2 aromatic rings. The predicted octanol–water partition coefficient (Wildman–Crippen LogP) is 8.93. The van der Waals surface area contributed by atoms with Crippen molar-refractivity contribution in [3.63, 3.8) is 0 Å². The van der Waals surface area contributed by atoms with Crippen molar-refractivity contribution in [1.29, 1.82) is 0 Å². The smallest absolute Gasteiger partial charge is 0.205 e. The highest BCUT2D eigenvalue weighted by molar-refractivity contribution is 5.64. The topological polar surface area (TPSA) is 0 Å². The van der Waals surface area contributed by atoms with Gasteiger partial charge in [-0.25, -0.2) is 8.78 Å². The maximum absolute atomic E-state index is 12.7. The van der Waals surface area contributed by atoms with E-state index in [1.807, 2.05) is 0 Å². The van der Waals surface area contributed by atoms with Crippen LogP contribution in [0.2, 0.25) is 0 Å². The van der Waals surface area contributed by atoms with Gasteiger partial charge in [0.05, 0.1) is 0 Å². The van der Waals surface area contributed by atoms with Gasteiger partial charge in [0.2, 0.25) is 0 Å². The van der Waals surface area contributed by atoms with Gasteiger partial charge < -0.3 is 0 Å². The Morgan fingerprint density at radius 3 is 1.89 bits per heavy atom. The number of benzene rings is 2. The van der Waals surface area contributed by atoms with Crippen LogP contribution in [0.15, 0.2) is 48.5 Å². The molecule has 0 heterocycles. The van der Waals surface area contributed by atoms with Crippen molar-refractivity contribution in [3.05, 3.63) is 59.7 Å². The average Bonchev–Trinajstić information content (AvgIpc) is 2.74. The second kappa shape index (κ2) is 10.7. The van der Waals surface area contributed by atoms with E-state index in [9.17, 15) is 8.78 Å². The highest BCUT2D eigenvalue weighted by Gasteiger charge is 2.22. The van der Waals surface area contributed by atoms with E-state index in [2.05, 4.69) is 31.2 Å². The van der Waals surface area contributed by atoms with E-state index in [0.29, 0.717) is 5.92 Å². The summed E-state index contributed by atoms with van der Waals surface area (Å²) in [6, 6.07) is 15.4. The van der Waals surface area contributed by atoms with E-state index in [4.69, 9.17) is 0 Å². The highest BCUT2D eigenvalue weighted by atomic mass is 19.3. The van der Waals surface area contributed by atoms with E-state index in [-0.39, 0.29) is 5.56 Å². The molecule has 0 amide bonds. The molecule has 1 saturated carbocycles. The van der Waals surface area contributed by atoms with Gasteiger partial charge in [0.25, 0.3) is 6.43 Å². The molecule has 1 fully saturated rings. The van der Waals surface area contributed by atoms with Gasteiger partial charge in [-0.3, -0.25) is 0 Å². The van der Waals surface area contributed by atoms with Crippen LogP contribution in [0.1, 0.15) is 94.6 Å². The fourth-order valence-electron chi connectivity index (χ4n) is 4.59. The number of unbranched alkanes of at least 4 members (excludes halogenated alkanes) is 4. The molecule has 0 aliphatic heterocycles. The van der Waals surface area contributed by atoms with Crippen molar-refractivity contribution in [3.8, 4) is 11.1 Å². The van der Waals surface area contributed by atoms with Gasteiger partial charge >= 0.3 is 0 Å². The van der Waals surface area contributed by atoms with Crippen LogP contribution < -0.4 is 0 Å². The molecule has 0 radical (unpaired) electrons. The zero-order valence-corrected chi connectivity index (χ0v) is 17.2. The molecule has 0 bridgehead atoms. The van der Waals surface area contributed by atoms with Gasteiger partial charge in [0, 0.05) is 5.56 Å². The SMILES string of the molecule is CCCCCCC[C@H]1CC[C@H](c2ccc(-c3ccc(C(F)F)cc3)cc2)CC1. The Morgan fingerprint density at radius 2 is 1.32 bits per heavy atom. The van der Waals surface area contributed by atoms with E-state index < -0.39 is 6.43 Å². The third-order valence-corrected chi connectivity index (χ3v) is 6.44. The van der Waals surface area contributed by atoms with Crippen LogP contribution in [-0.4, -0.2) is 0 Å². The van der Waals surface area contributed by atoms with Gasteiger partial charge in [-0.1, -0.05) is 94.0 Å². The van der Waals surface area contributed by atoms with Crippen molar-refractivity contribution in [2.24, 2.45) is 5.92 Å². The lowest BCUT2D eigenvalue weighted by molar-refractivity contribution is 0.151. The molecule has 0 unspecified atom stereocenters. The summed E-state index contributed by atoms with van der Waals surface area (Å²) in [5.74, 6) is 1.62. The molecule has 2 heteroatoms. The molecule has 0 atom stereocenters. The molecule has 2 aromatic carbocycles. The summed E-state index contributed by atoms with van der Waals surface area (Å²) in [7, 11) is 0. The standard InChI is InChI=1S/C26H34F2/c1-2-3-4-5-6-7-20-8-10-21(11-9-20)22-12-14-23(15-13-22)24-16-18-25(19-17-24)26(27)28/h12-21,26H,2-11H2,1H3/t20-,21-. The Kier molecular flexibility index (Phi) is 8.06. The number of halogens is 2. The van der Waals surface area contributed by atoms with E-state index >= 15 is 0 Å². The molecule has 0 aromatic heterocycles. The van der Waals surface area contributed by atoms with Crippen LogP contribution in [0.25, 0.3) is 11.1 Å². The van der Waals surface area contributed by atoms with Gasteiger partial charge in [0.1, 0.15) is 0 Å². The second-order valence-electron chi connectivity index (χ2n) is 8.47. The molecule has 1 aliphatic rings. The largest absolute Gasteiger partial charge is 0.263 e. The third kappa shape index (κ3) is 5.90. The summed E-state index contributed by atoms with van der Waals surface area (Å²) < 4.78 is 25.4. The van der Waals surface area contributed by atoms with Crippen LogP contribution in [0.5, 0.6) is 0 Å². The first-order valence-electron chi connectivity index (χ1n) is 11.2. The second-order valence-corrected chi connectivity index (χ2v) is 8.47. The molecule has 0 saturated heterocycles. The number of rotatable bonds is 9. The van der Waals surface area contributed by atoms with Gasteiger partial charge in [-0.2, -0.15) is 0 Å². The van der Waals surface area contributed by atoms with E-state index in [1.54, 1.807) is 12.1 Å². The zero-order chi connectivity index (χ0) is 19.8. The zero-order valence-electron chi connectivity index (χ0n) is 17.2. The molecule has 3 rings (SSSR count). The van der Waals surface area contributed by atoms with Gasteiger partial charge in [0.15, 0.2) is 0 Å². The van der Waals surface area contributed by atoms with Crippen molar-refractivity contribution in [1.82, 2.24) is 0 Å². The Balaban J connectivity index is 1.48. The Labute approximate surface area is 169 Å². The van der Waals surface area contributed by atoms with Gasteiger partial charge in [-0.15, -0.1) is 0 Å². The summed E-state index contributed by atoms with van der Waals surface area (Å²) in [4.78, 5) is 0. The molecule has 0 spiro atoms. The molecule has 152 valence electrons. The minimum atomic E-state index is -2.40. The van der Waals surface area contributed by atoms with Gasteiger partial charge in [-0.05, 0) is 54.2 Å². The lowest BCUT2D eigenvalue weighted by Crippen LogP contribution is -2.13. The predicted molar refractivity (Wildman–Crippen MR) is 115 cm³/mol. The van der Waals surface area contributed by atoms with Crippen molar-refractivity contribution >= 4 is 0 Å². The van der Waals surface area contributed by atoms with Crippen LogP contribution in [-0.2, 0) is 0 Å². The summed E-state index contributed by atoms with van der Waals surface area (Å²) in [5, 5.41) is 0. The molecular weight excluding hydrogens is 350 g/mol. The average molecular weight is 385 g/mol. The Hall–Kier alpha value is -1.70. The van der Waals surface area contributed by atoms with Crippen molar-refractivity contribution in [2.75, 3.05) is 0 Å². The molecule has 0 nitrogen and oxygen atoms in total. The normalized spacial score (nSPS) is 19.9. The molecule has 1 aliphatic carbocycles. The first kappa shape index (κ1) is 21.0. The summed E-state index contributed by atoms with van der Waals surface area (Å²) >= 11 is 0. The van der Waals surface area contributed by atoms with Crippen LogP contribution in [0.4, 0.5) is 8.78 Å². The first-order chi connectivity index (χ1) is 13.7.